The minimum Gasteiger partial charge on any atom is -0.295 e. The van der Waals surface area contributed by atoms with Gasteiger partial charge >= 0.3 is 0 Å². The predicted molar refractivity (Wildman–Crippen MR) is 140 cm³/mol. The Morgan fingerprint density at radius 2 is 1.19 bits per heavy atom. The smallest absolute Gasteiger partial charge is 0.159 e. The maximum Gasteiger partial charge on any atom is 0.159 e. The Morgan fingerprint density at radius 1 is 0.645 bits per heavy atom. The van der Waals surface area contributed by atoms with Crippen molar-refractivity contribution >= 4 is 17.5 Å². The van der Waals surface area contributed by atoms with E-state index in [2.05, 4.69) is 36.1 Å². The van der Waals surface area contributed by atoms with Crippen molar-refractivity contribution in [1.29, 1.82) is 0 Å². The van der Waals surface area contributed by atoms with Crippen molar-refractivity contribution in [3.63, 3.8) is 0 Å². The molecule has 0 heterocycles. The molecule has 31 heavy (non-hydrogen) atoms. The molecule has 0 N–H and O–H groups in total. The average molecular weight is 443 g/mol. The third-order valence-electron chi connectivity index (χ3n) is 6.46. The quantitative estimate of drug-likeness (QED) is 0.165. The van der Waals surface area contributed by atoms with Crippen molar-refractivity contribution in [2.45, 2.75) is 116 Å². The summed E-state index contributed by atoms with van der Waals surface area (Å²) < 4.78 is 0. The van der Waals surface area contributed by atoms with Crippen molar-refractivity contribution < 1.29 is 4.79 Å². The van der Waals surface area contributed by atoms with E-state index in [1.165, 1.54) is 108 Å². The summed E-state index contributed by atoms with van der Waals surface area (Å²) in [7, 11) is 0. The molecule has 0 bridgehead atoms. The van der Waals surface area contributed by atoms with Crippen LogP contribution < -0.4 is 0 Å². The molecular weight excluding hydrogens is 396 g/mol. The first-order valence-corrected chi connectivity index (χ1v) is 14.3. The standard InChI is InChI=1S/C29H46OS/c30-29(28-22-15-16-23-28)24-12-8-3-1-2-5-9-17-25-31-26-18-10-6-4-7-11-19-27-20-13-14-21-27/h13-16,20,22H,1-12,17-19,21,23-26H2. The summed E-state index contributed by atoms with van der Waals surface area (Å²) in [4.78, 5) is 11.9. The Balaban J connectivity index is 1.20. The summed E-state index contributed by atoms with van der Waals surface area (Å²) in [6.07, 6.45) is 36.0. The van der Waals surface area contributed by atoms with Crippen LogP contribution in [-0.2, 0) is 4.79 Å². The Labute approximate surface area is 196 Å². The lowest BCUT2D eigenvalue weighted by atomic mass is 10.0. The Bertz CT molecular complexity index is 596. The topological polar surface area (TPSA) is 17.1 Å². The summed E-state index contributed by atoms with van der Waals surface area (Å²) in [5.74, 6) is 3.09. The zero-order valence-electron chi connectivity index (χ0n) is 19.9. The molecule has 0 unspecified atom stereocenters. The molecule has 0 saturated carbocycles. The Kier molecular flexibility index (Phi) is 15.7. The number of carbonyl (C=O) groups is 1. The second kappa shape index (κ2) is 18.5. The van der Waals surface area contributed by atoms with Gasteiger partial charge in [-0.3, -0.25) is 4.79 Å². The van der Waals surface area contributed by atoms with Crippen LogP contribution in [0.1, 0.15) is 116 Å². The minimum absolute atomic E-state index is 0.369. The molecule has 0 radical (unpaired) electrons. The van der Waals surface area contributed by atoms with Crippen LogP contribution in [0.5, 0.6) is 0 Å². The van der Waals surface area contributed by atoms with Crippen LogP contribution in [0.25, 0.3) is 0 Å². The molecule has 0 aromatic rings. The number of thioether (sulfide) groups is 1. The van der Waals surface area contributed by atoms with Crippen molar-refractivity contribution in [2.75, 3.05) is 11.5 Å². The lowest BCUT2D eigenvalue weighted by Gasteiger charge is -2.04. The van der Waals surface area contributed by atoms with Crippen molar-refractivity contribution in [1.82, 2.24) is 0 Å². The third kappa shape index (κ3) is 13.9. The lowest BCUT2D eigenvalue weighted by Crippen LogP contribution is -2.00. The van der Waals surface area contributed by atoms with Crippen molar-refractivity contribution in [2.24, 2.45) is 0 Å². The van der Waals surface area contributed by atoms with Gasteiger partial charge in [-0.05, 0) is 62.0 Å². The van der Waals surface area contributed by atoms with Gasteiger partial charge in [-0.15, -0.1) is 0 Å². The molecule has 0 amide bonds. The maximum absolute atomic E-state index is 11.9. The fraction of sp³-hybridized carbons (Fsp3) is 0.690. The first-order chi connectivity index (χ1) is 15.4. The highest BCUT2D eigenvalue weighted by Gasteiger charge is 2.09. The van der Waals surface area contributed by atoms with Gasteiger partial charge in [0.15, 0.2) is 5.78 Å². The van der Waals surface area contributed by atoms with Crippen LogP contribution in [0.3, 0.4) is 0 Å². The highest BCUT2D eigenvalue weighted by Crippen LogP contribution is 2.19. The summed E-state index contributed by atoms with van der Waals surface area (Å²) >= 11 is 2.17. The molecule has 2 rings (SSSR count). The zero-order chi connectivity index (χ0) is 21.8. The van der Waals surface area contributed by atoms with Crippen LogP contribution in [0, 0.1) is 0 Å². The molecule has 0 aliphatic heterocycles. The molecule has 0 aromatic carbocycles. The fourth-order valence-corrected chi connectivity index (χ4v) is 5.43. The Morgan fingerprint density at radius 3 is 1.77 bits per heavy atom. The molecule has 0 spiro atoms. The average Bonchev–Trinajstić information content (AvgIpc) is 3.49. The van der Waals surface area contributed by atoms with Gasteiger partial charge in [0.1, 0.15) is 0 Å². The zero-order valence-corrected chi connectivity index (χ0v) is 20.7. The van der Waals surface area contributed by atoms with E-state index in [0.717, 1.165) is 24.8 Å². The van der Waals surface area contributed by atoms with Crippen molar-refractivity contribution in [3.8, 4) is 0 Å². The monoisotopic (exact) mass is 442 g/mol. The third-order valence-corrected chi connectivity index (χ3v) is 7.61. The normalized spacial score (nSPS) is 15.0. The molecule has 174 valence electrons. The van der Waals surface area contributed by atoms with E-state index in [9.17, 15) is 4.79 Å². The molecule has 0 fully saturated rings. The number of hydrogen-bond donors (Lipinski definition) is 0. The van der Waals surface area contributed by atoms with Gasteiger partial charge in [0.25, 0.3) is 0 Å². The van der Waals surface area contributed by atoms with E-state index in [-0.39, 0.29) is 0 Å². The number of allylic oxidation sites excluding steroid dienone is 8. The summed E-state index contributed by atoms with van der Waals surface area (Å²) in [5, 5.41) is 0. The van der Waals surface area contributed by atoms with E-state index in [1.807, 2.05) is 12.2 Å². The van der Waals surface area contributed by atoms with Crippen LogP contribution in [0.4, 0.5) is 0 Å². The number of rotatable bonds is 21. The van der Waals surface area contributed by atoms with Crippen LogP contribution in [-0.4, -0.2) is 17.3 Å². The van der Waals surface area contributed by atoms with E-state index in [1.54, 1.807) is 5.57 Å². The van der Waals surface area contributed by atoms with E-state index < -0.39 is 0 Å². The largest absolute Gasteiger partial charge is 0.295 e. The van der Waals surface area contributed by atoms with E-state index in [4.69, 9.17) is 0 Å². The van der Waals surface area contributed by atoms with Crippen LogP contribution >= 0.6 is 11.8 Å². The maximum atomic E-state index is 11.9. The summed E-state index contributed by atoms with van der Waals surface area (Å²) in [6, 6.07) is 0. The SMILES string of the molecule is O=C(CCCCCCCCCCSCCCCCCCCC1=CC=CC1)C1=CC=CC1. The minimum atomic E-state index is 0.369. The Hall–Kier alpha value is -1.02. The molecule has 0 atom stereocenters. The summed E-state index contributed by atoms with van der Waals surface area (Å²) in [6.45, 7) is 0. The number of ketones is 1. The number of Topliss-reactive ketones (excluding diaryl/α,β-unsaturated/α-hetero) is 1. The molecule has 0 saturated heterocycles. The van der Waals surface area contributed by atoms with Gasteiger partial charge in [0.05, 0.1) is 0 Å². The highest BCUT2D eigenvalue weighted by molar-refractivity contribution is 7.99. The molecule has 2 aliphatic carbocycles. The molecular formula is C29H46OS. The molecule has 2 heteroatoms. The molecule has 2 aliphatic rings. The van der Waals surface area contributed by atoms with E-state index in [0.29, 0.717) is 5.78 Å². The molecule has 0 aromatic heterocycles. The predicted octanol–water partition coefficient (Wildman–Crippen LogP) is 9.30. The summed E-state index contributed by atoms with van der Waals surface area (Å²) in [5.41, 5.74) is 2.65. The van der Waals surface area contributed by atoms with Crippen molar-refractivity contribution in [3.05, 3.63) is 47.6 Å². The first kappa shape index (κ1) is 26.2. The van der Waals surface area contributed by atoms with Gasteiger partial charge in [-0.25, -0.2) is 0 Å². The van der Waals surface area contributed by atoms with Gasteiger partial charge in [-0.1, -0.05) is 106 Å². The number of unbranched alkanes of at least 4 members (excludes halogenated alkanes) is 12. The first-order valence-electron chi connectivity index (χ1n) is 13.2. The van der Waals surface area contributed by atoms with Gasteiger partial charge in [-0.2, -0.15) is 11.8 Å². The second-order valence-electron chi connectivity index (χ2n) is 9.27. The fourth-order valence-electron chi connectivity index (χ4n) is 4.41. The second-order valence-corrected chi connectivity index (χ2v) is 10.5. The number of carbonyl (C=O) groups excluding carboxylic acids is 1. The highest BCUT2D eigenvalue weighted by atomic mass is 32.2. The van der Waals surface area contributed by atoms with Gasteiger partial charge in [0.2, 0.25) is 0 Å². The molecule has 1 nitrogen and oxygen atoms in total. The van der Waals surface area contributed by atoms with Crippen LogP contribution in [0.2, 0.25) is 0 Å². The van der Waals surface area contributed by atoms with E-state index >= 15 is 0 Å². The lowest BCUT2D eigenvalue weighted by molar-refractivity contribution is -0.115. The van der Waals surface area contributed by atoms with Gasteiger partial charge < -0.3 is 0 Å². The van der Waals surface area contributed by atoms with Crippen LogP contribution in [0.15, 0.2) is 47.6 Å². The van der Waals surface area contributed by atoms with Gasteiger partial charge in [0, 0.05) is 6.42 Å². The number of hydrogen-bond acceptors (Lipinski definition) is 2.